The van der Waals surface area contributed by atoms with Gasteiger partial charge in [-0.2, -0.15) is 0 Å². The maximum Gasteiger partial charge on any atom is 0.124 e. The molecule has 3 heteroatoms. The number of benzene rings is 1. The van der Waals surface area contributed by atoms with Gasteiger partial charge in [0.15, 0.2) is 0 Å². The van der Waals surface area contributed by atoms with Crippen molar-refractivity contribution in [3.63, 3.8) is 0 Å². The smallest absolute Gasteiger partial charge is 0.124 e. The zero-order chi connectivity index (χ0) is 13.8. The van der Waals surface area contributed by atoms with Crippen LogP contribution in [0.3, 0.4) is 0 Å². The topological polar surface area (TPSA) is 12.0 Å². The van der Waals surface area contributed by atoms with E-state index < -0.39 is 0 Å². The van der Waals surface area contributed by atoms with Crippen molar-refractivity contribution in [1.29, 1.82) is 0 Å². The van der Waals surface area contributed by atoms with Crippen molar-refractivity contribution in [3.05, 3.63) is 46.7 Å². The van der Waals surface area contributed by atoms with Gasteiger partial charge in [0.2, 0.25) is 0 Å². The Balaban J connectivity index is 2.80. The van der Waals surface area contributed by atoms with E-state index in [1.165, 1.54) is 6.07 Å². The van der Waals surface area contributed by atoms with Crippen LogP contribution in [0.15, 0.2) is 35.3 Å². The van der Waals surface area contributed by atoms with Crippen molar-refractivity contribution < 1.29 is 4.39 Å². The molecule has 1 nitrogen and oxygen atoms in total. The molecule has 0 saturated carbocycles. The number of rotatable bonds is 6. The molecule has 0 bridgehead atoms. The first-order valence-corrected chi connectivity index (χ1v) is 6.96. The van der Waals surface area contributed by atoms with Gasteiger partial charge in [0, 0.05) is 22.5 Å². The van der Waals surface area contributed by atoms with Crippen LogP contribution in [0.25, 0.3) is 0 Å². The Bertz CT molecular complexity index is 397. The molecule has 1 N–H and O–H groups in total. The highest BCUT2D eigenvalue weighted by molar-refractivity contribution is 9.10. The minimum absolute atomic E-state index is 0.0719. The molecule has 0 amide bonds. The van der Waals surface area contributed by atoms with Crippen molar-refractivity contribution in [1.82, 2.24) is 5.32 Å². The van der Waals surface area contributed by atoms with Gasteiger partial charge in [0.05, 0.1) is 0 Å². The summed E-state index contributed by atoms with van der Waals surface area (Å²) in [7, 11) is 0. The second-order valence-corrected chi connectivity index (χ2v) is 6.26. The molecule has 1 atom stereocenters. The van der Waals surface area contributed by atoms with Gasteiger partial charge in [0.25, 0.3) is 0 Å². The Morgan fingerprint density at radius 1 is 1.44 bits per heavy atom. The van der Waals surface area contributed by atoms with Gasteiger partial charge >= 0.3 is 0 Å². The maximum absolute atomic E-state index is 13.3. The number of hydrogen-bond acceptors (Lipinski definition) is 1. The molecule has 0 aliphatic carbocycles. The van der Waals surface area contributed by atoms with E-state index in [0.717, 1.165) is 23.0 Å². The lowest BCUT2D eigenvalue weighted by Gasteiger charge is -2.27. The van der Waals surface area contributed by atoms with Gasteiger partial charge in [-0.3, -0.25) is 0 Å². The summed E-state index contributed by atoms with van der Waals surface area (Å²) >= 11 is 3.32. The number of halogens is 2. The normalized spacial score (nSPS) is 14.6. The molecule has 0 aliphatic heterocycles. The highest BCUT2D eigenvalue weighted by Crippen LogP contribution is 2.25. The summed E-state index contributed by atoms with van der Waals surface area (Å²) in [5.41, 5.74) is 0.909. The van der Waals surface area contributed by atoms with Crippen LogP contribution in [0.2, 0.25) is 0 Å². The molecule has 1 unspecified atom stereocenters. The van der Waals surface area contributed by atoms with Crippen LogP contribution in [-0.4, -0.2) is 12.6 Å². The first-order valence-electron chi connectivity index (χ1n) is 6.16. The van der Waals surface area contributed by atoms with Gasteiger partial charge in [-0.05, 0) is 30.2 Å². The molecular formula is C15H21BrFN. The molecule has 0 radical (unpaired) electrons. The predicted molar refractivity (Wildman–Crippen MR) is 79.2 cm³/mol. The third kappa shape index (κ3) is 4.91. The second kappa shape index (κ2) is 6.48. The first-order chi connectivity index (χ1) is 8.34. The van der Waals surface area contributed by atoms with Gasteiger partial charge in [0.1, 0.15) is 5.82 Å². The van der Waals surface area contributed by atoms with Crippen molar-refractivity contribution in [3.8, 4) is 0 Å². The summed E-state index contributed by atoms with van der Waals surface area (Å²) in [6.45, 7) is 11.1. The van der Waals surface area contributed by atoms with Crippen molar-refractivity contribution in [2.24, 2.45) is 5.41 Å². The number of nitrogens with one attached hydrogen (secondary N) is 1. The van der Waals surface area contributed by atoms with Crippen LogP contribution in [0.4, 0.5) is 4.39 Å². The van der Waals surface area contributed by atoms with Crippen molar-refractivity contribution in [2.45, 2.75) is 33.2 Å². The average molecular weight is 314 g/mol. The summed E-state index contributed by atoms with van der Waals surface area (Å²) in [5, 5.41) is 3.41. The molecular weight excluding hydrogens is 293 g/mol. The zero-order valence-electron chi connectivity index (χ0n) is 11.3. The van der Waals surface area contributed by atoms with E-state index in [2.05, 4.69) is 48.6 Å². The Hall–Kier alpha value is -0.670. The quantitative estimate of drug-likeness (QED) is 0.771. The van der Waals surface area contributed by atoms with Crippen molar-refractivity contribution >= 4 is 15.9 Å². The molecule has 18 heavy (non-hydrogen) atoms. The minimum atomic E-state index is -0.206. The van der Waals surface area contributed by atoms with Crippen LogP contribution in [-0.2, 0) is 6.42 Å². The molecule has 0 aliphatic rings. The monoisotopic (exact) mass is 313 g/mol. The minimum Gasteiger partial charge on any atom is -0.314 e. The predicted octanol–water partition coefficient (Wildman–Crippen LogP) is 4.32. The molecule has 1 rings (SSSR count). The highest BCUT2D eigenvalue weighted by Gasteiger charge is 2.21. The third-order valence-electron chi connectivity index (χ3n) is 2.94. The summed E-state index contributed by atoms with van der Waals surface area (Å²) in [6.07, 6.45) is 2.72. The van der Waals surface area contributed by atoms with Gasteiger partial charge in [-0.15, -0.1) is 6.58 Å². The Morgan fingerprint density at radius 2 is 2.11 bits per heavy atom. The standard InChI is InChI=1S/C15H21BrFN/c1-5-15(4,10-18-11(2)3)9-12-6-13(16)8-14(17)7-12/h5-8,11,18H,1,9-10H2,2-4H3. The first kappa shape index (κ1) is 15.4. The molecule has 100 valence electrons. The maximum atomic E-state index is 13.3. The van der Waals surface area contributed by atoms with Crippen LogP contribution in [0, 0.1) is 11.2 Å². The molecule has 1 aromatic rings. The molecule has 0 fully saturated rings. The summed E-state index contributed by atoms with van der Waals surface area (Å²) in [4.78, 5) is 0. The zero-order valence-corrected chi connectivity index (χ0v) is 12.8. The fraction of sp³-hybridized carbons (Fsp3) is 0.467. The lowest BCUT2D eigenvalue weighted by Crippen LogP contribution is -2.35. The van der Waals surface area contributed by atoms with Crippen LogP contribution < -0.4 is 5.32 Å². The van der Waals surface area contributed by atoms with Crippen LogP contribution in [0.1, 0.15) is 26.3 Å². The largest absolute Gasteiger partial charge is 0.314 e. The fourth-order valence-electron chi connectivity index (χ4n) is 1.82. The van der Waals surface area contributed by atoms with Crippen LogP contribution in [0.5, 0.6) is 0 Å². The summed E-state index contributed by atoms with van der Waals surface area (Å²) in [5.74, 6) is -0.206. The highest BCUT2D eigenvalue weighted by atomic mass is 79.9. The van der Waals surface area contributed by atoms with Gasteiger partial charge in [-0.1, -0.05) is 42.8 Å². The fourth-order valence-corrected chi connectivity index (χ4v) is 2.34. The van der Waals surface area contributed by atoms with Crippen molar-refractivity contribution in [2.75, 3.05) is 6.54 Å². The summed E-state index contributed by atoms with van der Waals surface area (Å²) in [6, 6.07) is 5.45. The van der Waals surface area contributed by atoms with E-state index in [0.29, 0.717) is 6.04 Å². The van der Waals surface area contributed by atoms with E-state index in [1.54, 1.807) is 6.07 Å². The average Bonchev–Trinajstić information content (AvgIpc) is 2.25. The van der Waals surface area contributed by atoms with E-state index in [9.17, 15) is 4.39 Å². The molecule has 0 heterocycles. The lowest BCUT2D eigenvalue weighted by atomic mass is 9.83. The van der Waals surface area contributed by atoms with Crippen LogP contribution >= 0.6 is 15.9 Å². The molecule has 0 aromatic heterocycles. The molecule has 0 saturated heterocycles. The lowest BCUT2D eigenvalue weighted by molar-refractivity contribution is 0.373. The SMILES string of the molecule is C=CC(C)(CNC(C)C)Cc1cc(F)cc(Br)c1. The molecule has 1 aromatic carbocycles. The Kier molecular flexibility index (Phi) is 5.54. The second-order valence-electron chi connectivity index (χ2n) is 5.35. The Morgan fingerprint density at radius 3 is 2.61 bits per heavy atom. The van der Waals surface area contributed by atoms with E-state index >= 15 is 0 Å². The van der Waals surface area contributed by atoms with E-state index in [4.69, 9.17) is 0 Å². The van der Waals surface area contributed by atoms with Gasteiger partial charge in [-0.25, -0.2) is 4.39 Å². The van der Waals surface area contributed by atoms with Gasteiger partial charge < -0.3 is 5.32 Å². The van der Waals surface area contributed by atoms with E-state index in [1.807, 2.05) is 12.1 Å². The molecule has 0 spiro atoms. The van der Waals surface area contributed by atoms with E-state index in [-0.39, 0.29) is 11.2 Å². The summed E-state index contributed by atoms with van der Waals surface area (Å²) < 4.78 is 14.1. The Labute approximate surface area is 118 Å². The number of hydrogen-bond donors (Lipinski definition) is 1. The third-order valence-corrected chi connectivity index (χ3v) is 3.40.